The molecule has 2 heterocycles. The number of benzene rings is 1. The molecular weight excluding hydrogens is 310 g/mol. The van der Waals surface area contributed by atoms with Gasteiger partial charge in [0.15, 0.2) is 0 Å². The molecular formula is C17H17N3O2S. The number of hydrogen-bond donors (Lipinski definition) is 2. The smallest absolute Gasteiger partial charge is 0.251 e. The summed E-state index contributed by atoms with van der Waals surface area (Å²) in [6, 6.07) is 9.04. The molecule has 0 bridgehead atoms. The molecule has 1 atom stereocenters. The number of fused-ring (bicyclic) bond motifs is 1. The van der Waals surface area contributed by atoms with Crippen molar-refractivity contribution in [3.05, 3.63) is 53.9 Å². The summed E-state index contributed by atoms with van der Waals surface area (Å²) in [5.41, 5.74) is 2.24. The predicted octanol–water partition coefficient (Wildman–Crippen LogP) is 3.01. The molecule has 0 spiro atoms. The van der Waals surface area contributed by atoms with Gasteiger partial charge in [-0.2, -0.15) is 0 Å². The van der Waals surface area contributed by atoms with Crippen LogP contribution in [0.25, 0.3) is 0 Å². The van der Waals surface area contributed by atoms with Crippen molar-refractivity contribution in [1.82, 2.24) is 10.3 Å². The summed E-state index contributed by atoms with van der Waals surface area (Å²) in [4.78, 5) is 29.1. The number of carbonyl (C=O) groups is 2. The number of aromatic nitrogens is 1. The van der Waals surface area contributed by atoms with Gasteiger partial charge in [0.1, 0.15) is 0 Å². The van der Waals surface area contributed by atoms with Crippen molar-refractivity contribution in [2.45, 2.75) is 24.3 Å². The summed E-state index contributed by atoms with van der Waals surface area (Å²) < 4.78 is 0. The third-order valence-corrected chi connectivity index (χ3v) is 4.73. The highest BCUT2D eigenvalue weighted by Gasteiger charge is 2.17. The van der Waals surface area contributed by atoms with Gasteiger partial charge in [0.05, 0.1) is 11.7 Å². The molecule has 6 heteroatoms. The molecule has 0 radical (unpaired) electrons. The van der Waals surface area contributed by atoms with Crippen LogP contribution in [-0.2, 0) is 4.79 Å². The molecule has 23 heavy (non-hydrogen) atoms. The second-order valence-corrected chi connectivity index (χ2v) is 6.47. The minimum Gasteiger partial charge on any atom is -0.346 e. The Labute approximate surface area is 138 Å². The number of carbonyl (C=O) groups excluding carboxylic acids is 2. The molecule has 0 saturated carbocycles. The maximum Gasteiger partial charge on any atom is 0.251 e. The summed E-state index contributed by atoms with van der Waals surface area (Å²) in [5.74, 6) is 0.572. The van der Waals surface area contributed by atoms with E-state index < -0.39 is 0 Å². The van der Waals surface area contributed by atoms with E-state index in [1.807, 2.05) is 25.1 Å². The lowest BCUT2D eigenvalue weighted by atomic mass is 10.1. The van der Waals surface area contributed by atoms with Crippen LogP contribution in [0.4, 0.5) is 5.69 Å². The van der Waals surface area contributed by atoms with Crippen LogP contribution in [0.15, 0.2) is 47.6 Å². The molecule has 5 nitrogen and oxygen atoms in total. The van der Waals surface area contributed by atoms with Crippen LogP contribution >= 0.6 is 11.8 Å². The van der Waals surface area contributed by atoms with Gasteiger partial charge < -0.3 is 10.6 Å². The van der Waals surface area contributed by atoms with E-state index in [1.165, 1.54) is 0 Å². The third-order valence-electron chi connectivity index (χ3n) is 3.66. The fraction of sp³-hybridized carbons (Fsp3) is 0.235. The van der Waals surface area contributed by atoms with Crippen molar-refractivity contribution >= 4 is 29.3 Å². The van der Waals surface area contributed by atoms with E-state index in [4.69, 9.17) is 0 Å². The van der Waals surface area contributed by atoms with Crippen molar-refractivity contribution in [3.8, 4) is 0 Å². The summed E-state index contributed by atoms with van der Waals surface area (Å²) >= 11 is 1.62. The van der Waals surface area contributed by atoms with Gasteiger partial charge in [-0.25, -0.2) is 0 Å². The molecule has 0 unspecified atom stereocenters. The molecule has 1 aromatic heterocycles. The van der Waals surface area contributed by atoms with Gasteiger partial charge in [0, 0.05) is 35.0 Å². The average Bonchev–Trinajstić information content (AvgIpc) is 2.75. The quantitative estimate of drug-likeness (QED) is 0.909. The van der Waals surface area contributed by atoms with Gasteiger partial charge in [-0.05, 0) is 42.8 Å². The number of nitrogens with one attached hydrogen (secondary N) is 2. The normalized spacial score (nSPS) is 15.1. The van der Waals surface area contributed by atoms with E-state index in [0.29, 0.717) is 17.7 Å². The monoisotopic (exact) mass is 327 g/mol. The second-order valence-electron chi connectivity index (χ2n) is 5.33. The number of thioether (sulfide) groups is 1. The Bertz CT molecular complexity index is 734. The zero-order valence-corrected chi connectivity index (χ0v) is 13.5. The zero-order valence-electron chi connectivity index (χ0n) is 12.7. The first kappa shape index (κ1) is 15.6. The van der Waals surface area contributed by atoms with Crippen molar-refractivity contribution in [3.63, 3.8) is 0 Å². The van der Waals surface area contributed by atoms with Crippen LogP contribution in [0.1, 0.15) is 35.3 Å². The number of pyridine rings is 1. The van der Waals surface area contributed by atoms with Gasteiger partial charge in [0.2, 0.25) is 5.91 Å². The van der Waals surface area contributed by atoms with E-state index >= 15 is 0 Å². The summed E-state index contributed by atoms with van der Waals surface area (Å²) in [5, 5.41) is 5.81. The van der Waals surface area contributed by atoms with E-state index in [1.54, 1.807) is 36.3 Å². The molecule has 2 amide bonds. The molecule has 3 rings (SSSR count). The Morgan fingerprint density at radius 1 is 1.30 bits per heavy atom. The summed E-state index contributed by atoms with van der Waals surface area (Å²) in [6.07, 6.45) is 3.89. The molecule has 0 fully saturated rings. The molecule has 0 aliphatic carbocycles. The van der Waals surface area contributed by atoms with E-state index in [9.17, 15) is 9.59 Å². The van der Waals surface area contributed by atoms with E-state index in [-0.39, 0.29) is 17.9 Å². The van der Waals surface area contributed by atoms with Crippen molar-refractivity contribution in [1.29, 1.82) is 0 Å². The lowest BCUT2D eigenvalue weighted by molar-refractivity contribution is -0.115. The molecule has 2 N–H and O–H groups in total. The molecule has 1 aliphatic heterocycles. The topological polar surface area (TPSA) is 71.1 Å². The predicted molar refractivity (Wildman–Crippen MR) is 90.5 cm³/mol. The van der Waals surface area contributed by atoms with E-state index in [2.05, 4.69) is 15.6 Å². The Kier molecular flexibility index (Phi) is 4.62. The largest absolute Gasteiger partial charge is 0.346 e. The van der Waals surface area contributed by atoms with Crippen LogP contribution in [0.2, 0.25) is 0 Å². The number of rotatable bonds is 3. The highest BCUT2D eigenvalue weighted by molar-refractivity contribution is 7.99. The first-order chi connectivity index (χ1) is 11.1. The van der Waals surface area contributed by atoms with Crippen LogP contribution in [-0.4, -0.2) is 22.6 Å². The van der Waals surface area contributed by atoms with Crippen LogP contribution in [0, 0.1) is 0 Å². The standard InChI is InChI=1S/C17H17N3O2S/c1-11(12-4-7-18-8-5-12)19-17(22)13-2-3-15-14(10-13)20-16(21)6-9-23-15/h2-5,7-8,10-11H,6,9H2,1H3,(H,19,22)(H,20,21)/t11-/m0/s1. The Balaban J connectivity index is 1.76. The lowest BCUT2D eigenvalue weighted by Crippen LogP contribution is -2.26. The molecule has 118 valence electrons. The maximum atomic E-state index is 12.4. The molecule has 1 aliphatic rings. The SMILES string of the molecule is C[C@H](NC(=O)c1ccc2c(c1)NC(=O)CCS2)c1ccncc1. The van der Waals surface area contributed by atoms with Crippen molar-refractivity contribution in [2.24, 2.45) is 0 Å². The van der Waals surface area contributed by atoms with E-state index in [0.717, 1.165) is 16.2 Å². The van der Waals surface area contributed by atoms with Crippen LogP contribution in [0.5, 0.6) is 0 Å². The zero-order chi connectivity index (χ0) is 16.2. The lowest BCUT2D eigenvalue weighted by Gasteiger charge is -2.15. The Morgan fingerprint density at radius 2 is 2.09 bits per heavy atom. The Hall–Kier alpha value is -2.34. The van der Waals surface area contributed by atoms with Crippen LogP contribution in [0.3, 0.4) is 0 Å². The fourth-order valence-electron chi connectivity index (χ4n) is 2.38. The van der Waals surface area contributed by atoms with Gasteiger partial charge in [-0.1, -0.05) is 0 Å². The van der Waals surface area contributed by atoms with Crippen LogP contribution < -0.4 is 10.6 Å². The maximum absolute atomic E-state index is 12.4. The highest BCUT2D eigenvalue weighted by Crippen LogP contribution is 2.31. The van der Waals surface area contributed by atoms with Crippen molar-refractivity contribution < 1.29 is 9.59 Å². The number of anilines is 1. The molecule has 0 saturated heterocycles. The van der Waals surface area contributed by atoms with Gasteiger partial charge in [-0.3, -0.25) is 14.6 Å². The average molecular weight is 327 g/mol. The minimum absolute atomic E-state index is 0.0149. The highest BCUT2D eigenvalue weighted by atomic mass is 32.2. The third kappa shape index (κ3) is 3.71. The van der Waals surface area contributed by atoms with Gasteiger partial charge in [-0.15, -0.1) is 11.8 Å². The first-order valence-electron chi connectivity index (χ1n) is 7.41. The van der Waals surface area contributed by atoms with Gasteiger partial charge >= 0.3 is 0 Å². The molecule has 2 aromatic rings. The number of amides is 2. The number of hydrogen-bond acceptors (Lipinski definition) is 4. The van der Waals surface area contributed by atoms with Gasteiger partial charge in [0.25, 0.3) is 5.91 Å². The van der Waals surface area contributed by atoms with Crippen molar-refractivity contribution in [2.75, 3.05) is 11.1 Å². The number of nitrogens with zero attached hydrogens (tertiary/aromatic N) is 1. The fourth-order valence-corrected chi connectivity index (χ4v) is 3.31. The summed E-state index contributed by atoms with van der Waals surface area (Å²) in [6.45, 7) is 1.92. The molecule has 1 aromatic carbocycles. The second kappa shape index (κ2) is 6.83. The summed E-state index contributed by atoms with van der Waals surface area (Å²) in [7, 11) is 0. The first-order valence-corrected chi connectivity index (χ1v) is 8.39. The minimum atomic E-state index is -0.166. The Morgan fingerprint density at radius 3 is 2.87 bits per heavy atom.